The van der Waals surface area contributed by atoms with Gasteiger partial charge in [-0.15, -0.1) is 0 Å². The largest absolute Gasteiger partial charge is 0.452 e. The monoisotopic (exact) mass is 412 g/mol. The van der Waals surface area contributed by atoms with Gasteiger partial charge in [-0.2, -0.15) is 0 Å². The molecule has 0 saturated carbocycles. The predicted octanol–water partition coefficient (Wildman–Crippen LogP) is 3.81. The lowest BCUT2D eigenvalue weighted by Gasteiger charge is -2.07. The Balaban J connectivity index is 1.95. The van der Waals surface area contributed by atoms with Gasteiger partial charge in [-0.25, -0.2) is 4.79 Å². The smallest absolute Gasteiger partial charge is 0.340 e. The first kappa shape index (κ1) is 17.9. The Morgan fingerprint density at radius 1 is 1.25 bits per heavy atom. The molecule has 0 spiro atoms. The molecule has 0 unspecified atom stereocenters. The van der Waals surface area contributed by atoms with Crippen LogP contribution in [-0.4, -0.2) is 23.4 Å². The second-order valence-electron chi connectivity index (χ2n) is 4.56. The molecule has 2 rings (SSSR count). The number of anilines is 1. The fraction of sp³-hybridized carbons (Fsp3) is 0.0667. The normalized spacial score (nSPS) is 10.1. The molecule has 124 valence electrons. The lowest BCUT2D eigenvalue weighted by Crippen LogP contribution is -2.21. The van der Waals surface area contributed by atoms with E-state index in [1.54, 1.807) is 24.3 Å². The van der Waals surface area contributed by atoms with Crippen LogP contribution >= 0.6 is 27.5 Å². The van der Waals surface area contributed by atoms with E-state index in [0.717, 1.165) is 16.6 Å². The number of hydrogen-bond acceptors (Lipinski definition) is 5. The molecule has 0 saturated heterocycles. The van der Waals surface area contributed by atoms with Crippen molar-refractivity contribution in [2.75, 3.05) is 11.9 Å². The molecule has 2 aromatic rings. The minimum Gasteiger partial charge on any atom is -0.452 e. The van der Waals surface area contributed by atoms with Gasteiger partial charge in [0.1, 0.15) is 0 Å². The van der Waals surface area contributed by atoms with E-state index < -0.39 is 23.4 Å². The van der Waals surface area contributed by atoms with Crippen LogP contribution in [0.15, 0.2) is 46.9 Å². The molecule has 0 aliphatic rings. The topological polar surface area (TPSA) is 98.5 Å². The third-order valence-corrected chi connectivity index (χ3v) is 3.63. The Bertz CT molecular complexity index is 812. The summed E-state index contributed by atoms with van der Waals surface area (Å²) in [6.45, 7) is -0.515. The average Bonchev–Trinajstić information content (AvgIpc) is 2.52. The molecule has 9 heteroatoms. The van der Waals surface area contributed by atoms with Gasteiger partial charge in [0.05, 0.1) is 15.5 Å². The number of nitrogens with one attached hydrogen (secondary N) is 1. The first-order chi connectivity index (χ1) is 11.4. The summed E-state index contributed by atoms with van der Waals surface area (Å²) in [7, 11) is 0. The van der Waals surface area contributed by atoms with Gasteiger partial charge in [0.15, 0.2) is 6.61 Å². The number of non-ortho nitro benzene ring substituents is 1. The van der Waals surface area contributed by atoms with Crippen LogP contribution in [0, 0.1) is 10.1 Å². The molecule has 0 heterocycles. The number of benzene rings is 2. The minimum absolute atomic E-state index is 0.0578. The number of ether oxygens (including phenoxy) is 1. The summed E-state index contributed by atoms with van der Waals surface area (Å²) in [5, 5.41) is 13.1. The van der Waals surface area contributed by atoms with Crippen molar-refractivity contribution in [3.8, 4) is 0 Å². The van der Waals surface area contributed by atoms with Gasteiger partial charge in [-0.3, -0.25) is 14.9 Å². The predicted molar refractivity (Wildman–Crippen MR) is 91.2 cm³/mol. The maximum atomic E-state index is 11.9. The molecular formula is C15H10BrClN2O5. The van der Waals surface area contributed by atoms with Gasteiger partial charge in [-0.1, -0.05) is 33.6 Å². The summed E-state index contributed by atoms with van der Waals surface area (Å²) in [6, 6.07) is 10.2. The Morgan fingerprint density at radius 2 is 2.00 bits per heavy atom. The van der Waals surface area contributed by atoms with Crippen LogP contribution in [0.4, 0.5) is 11.4 Å². The number of halogens is 2. The molecule has 1 amide bonds. The first-order valence-electron chi connectivity index (χ1n) is 6.53. The number of amides is 1. The SMILES string of the molecule is O=C(COC(=O)c1ccc([N+](=O)[O-])cc1Cl)Nc1cccc(Br)c1. The quantitative estimate of drug-likeness (QED) is 0.456. The molecule has 0 aromatic heterocycles. The van der Waals surface area contributed by atoms with Crippen molar-refractivity contribution in [3.63, 3.8) is 0 Å². The number of carbonyl (C=O) groups is 2. The first-order valence-corrected chi connectivity index (χ1v) is 7.70. The van der Waals surface area contributed by atoms with Crippen LogP contribution < -0.4 is 5.32 Å². The maximum absolute atomic E-state index is 11.9. The highest BCUT2D eigenvalue weighted by Gasteiger charge is 2.17. The number of carbonyl (C=O) groups excluding carboxylic acids is 2. The van der Waals surface area contributed by atoms with Gasteiger partial charge in [0.25, 0.3) is 11.6 Å². The Kier molecular flexibility index (Phi) is 5.88. The molecule has 2 aromatic carbocycles. The van der Waals surface area contributed by atoms with Gasteiger partial charge in [0.2, 0.25) is 0 Å². The van der Waals surface area contributed by atoms with E-state index >= 15 is 0 Å². The summed E-state index contributed by atoms with van der Waals surface area (Å²) in [5.41, 5.74) is 0.236. The van der Waals surface area contributed by atoms with Gasteiger partial charge < -0.3 is 10.1 Å². The number of rotatable bonds is 5. The molecule has 0 aliphatic carbocycles. The molecule has 0 aliphatic heterocycles. The molecule has 24 heavy (non-hydrogen) atoms. The third kappa shape index (κ3) is 4.77. The molecule has 0 bridgehead atoms. The second kappa shape index (κ2) is 7.89. The van der Waals surface area contributed by atoms with Crippen molar-refractivity contribution < 1.29 is 19.2 Å². The van der Waals surface area contributed by atoms with E-state index in [4.69, 9.17) is 16.3 Å². The van der Waals surface area contributed by atoms with E-state index in [-0.39, 0.29) is 16.3 Å². The van der Waals surface area contributed by atoms with Crippen LogP contribution in [0.1, 0.15) is 10.4 Å². The van der Waals surface area contributed by atoms with Crippen LogP contribution in [0.2, 0.25) is 5.02 Å². The Labute approximate surface area is 149 Å². The number of esters is 1. The van der Waals surface area contributed by atoms with E-state index in [1.807, 2.05) is 0 Å². The lowest BCUT2D eigenvalue weighted by atomic mass is 10.2. The van der Waals surface area contributed by atoms with Crippen molar-refractivity contribution in [2.45, 2.75) is 0 Å². The maximum Gasteiger partial charge on any atom is 0.340 e. The van der Waals surface area contributed by atoms with Crippen molar-refractivity contribution in [3.05, 3.63) is 67.6 Å². The third-order valence-electron chi connectivity index (χ3n) is 2.83. The second-order valence-corrected chi connectivity index (χ2v) is 5.88. The highest BCUT2D eigenvalue weighted by atomic mass is 79.9. The molecule has 0 atom stereocenters. The number of nitro groups is 1. The van der Waals surface area contributed by atoms with Crippen molar-refractivity contribution in [2.24, 2.45) is 0 Å². The zero-order valence-corrected chi connectivity index (χ0v) is 14.3. The molecule has 7 nitrogen and oxygen atoms in total. The van der Waals surface area contributed by atoms with Gasteiger partial charge >= 0.3 is 5.97 Å². The molecule has 0 radical (unpaired) electrons. The Morgan fingerprint density at radius 3 is 2.62 bits per heavy atom. The van der Waals surface area contributed by atoms with E-state index in [0.29, 0.717) is 5.69 Å². The van der Waals surface area contributed by atoms with E-state index in [1.165, 1.54) is 6.07 Å². The van der Waals surface area contributed by atoms with Crippen molar-refractivity contribution in [1.29, 1.82) is 0 Å². The fourth-order valence-corrected chi connectivity index (χ4v) is 2.41. The zero-order chi connectivity index (χ0) is 17.7. The summed E-state index contributed by atoms with van der Waals surface area (Å²) in [6.07, 6.45) is 0. The highest BCUT2D eigenvalue weighted by Crippen LogP contribution is 2.23. The molecule has 0 fully saturated rings. The van der Waals surface area contributed by atoms with Crippen LogP contribution in [0.3, 0.4) is 0 Å². The van der Waals surface area contributed by atoms with Crippen LogP contribution in [0.25, 0.3) is 0 Å². The number of nitro benzene ring substituents is 1. The summed E-state index contributed by atoms with van der Waals surface area (Å²) in [4.78, 5) is 33.6. The standard InChI is InChI=1S/C15H10BrClN2O5/c16-9-2-1-3-10(6-9)18-14(20)8-24-15(21)12-5-4-11(19(22)23)7-13(12)17/h1-7H,8H2,(H,18,20). The summed E-state index contributed by atoms with van der Waals surface area (Å²) < 4.78 is 5.64. The van der Waals surface area contributed by atoms with Crippen LogP contribution in [0.5, 0.6) is 0 Å². The van der Waals surface area contributed by atoms with Gasteiger partial charge in [0, 0.05) is 22.3 Å². The molecular weight excluding hydrogens is 404 g/mol. The van der Waals surface area contributed by atoms with Crippen molar-refractivity contribution >= 4 is 50.8 Å². The van der Waals surface area contributed by atoms with E-state index in [2.05, 4.69) is 21.2 Å². The zero-order valence-electron chi connectivity index (χ0n) is 12.0. The average molecular weight is 414 g/mol. The summed E-state index contributed by atoms with van der Waals surface area (Å²) in [5.74, 6) is -1.38. The van der Waals surface area contributed by atoms with Crippen LogP contribution in [-0.2, 0) is 9.53 Å². The number of hydrogen-bond donors (Lipinski definition) is 1. The molecule has 1 N–H and O–H groups in total. The minimum atomic E-state index is -0.848. The highest BCUT2D eigenvalue weighted by molar-refractivity contribution is 9.10. The van der Waals surface area contributed by atoms with Gasteiger partial charge in [-0.05, 0) is 24.3 Å². The van der Waals surface area contributed by atoms with Crippen molar-refractivity contribution in [1.82, 2.24) is 0 Å². The fourth-order valence-electron chi connectivity index (χ4n) is 1.76. The number of nitrogens with zero attached hydrogens (tertiary/aromatic N) is 1. The lowest BCUT2D eigenvalue weighted by molar-refractivity contribution is -0.384. The Hall–Kier alpha value is -2.45. The summed E-state index contributed by atoms with van der Waals surface area (Å²) >= 11 is 9.09. The van der Waals surface area contributed by atoms with E-state index in [9.17, 15) is 19.7 Å².